The predicted octanol–water partition coefficient (Wildman–Crippen LogP) is 4.28. The van der Waals surface area contributed by atoms with Gasteiger partial charge in [-0.25, -0.2) is 0 Å². The second-order valence-electron chi connectivity index (χ2n) is 16.2. The minimum absolute atomic E-state index is 0.0264. The molecule has 2 aliphatic heterocycles. The van der Waals surface area contributed by atoms with E-state index in [-0.39, 0.29) is 45.2 Å². The summed E-state index contributed by atoms with van der Waals surface area (Å²) in [6, 6.07) is 0. The van der Waals surface area contributed by atoms with Crippen LogP contribution in [0.15, 0.2) is 0 Å². The van der Waals surface area contributed by atoms with Crippen molar-refractivity contribution in [3.63, 3.8) is 0 Å². The highest BCUT2D eigenvalue weighted by molar-refractivity contribution is 5.35. The lowest BCUT2D eigenvalue weighted by Gasteiger charge is -2.64. The third-order valence-electron chi connectivity index (χ3n) is 14.7. The summed E-state index contributed by atoms with van der Waals surface area (Å²) in [5, 5.41) is 35.2. The van der Waals surface area contributed by atoms with Gasteiger partial charge in [0.05, 0.1) is 23.9 Å². The van der Waals surface area contributed by atoms with E-state index in [1.54, 1.807) is 7.11 Å². The highest BCUT2D eigenvalue weighted by atomic mass is 16.8. The maximum absolute atomic E-state index is 12.6. The van der Waals surface area contributed by atoms with Crippen molar-refractivity contribution in [1.82, 2.24) is 0 Å². The molecule has 2 saturated heterocycles. The van der Waals surface area contributed by atoms with Crippen LogP contribution in [0.25, 0.3) is 0 Å². The average molecular weight is 519 g/mol. The van der Waals surface area contributed by atoms with Crippen LogP contribution in [-0.4, -0.2) is 64.3 Å². The molecule has 7 aliphatic rings. The molecule has 2 bridgehead atoms. The van der Waals surface area contributed by atoms with Gasteiger partial charge in [-0.05, 0) is 86.4 Å². The summed E-state index contributed by atoms with van der Waals surface area (Å²) in [6.07, 6.45) is 4.62. The fourth-order valence-corrected chi connectivity index (χ4v) is 12.8. The molecular weight excluding hydrogens is 468 g/mol. The van der Waals surface area contributed by atoms with Gasteiger partial charge in [0.25, 0.3) is 0 Å². The second-order valence-corrected chi connectivity index (χ2v) is 16.2. The largest absolute Gasteiger partial charge is 0.392 e. The van der Waals surface area contributed by atoms with E-state index in [1.807, 2.05) is 0 Å². The molecule has 7 fully saturated rings. The first-order chi connectivity index (χ1) is 17.1. The Morgan fingerprint density at radius 2 is 1.57 bits per heavy atom. The van der Waals surface area contributed by atoms with Crippen LogP contribution in [0.1, 0.15) is 93.4 Å². The van der Waals surface area contributed by atoms with Gasteiger partial charge in [0, 0.05) is 30.3 Å². The number of hydrogen-bond acceptors (Lipinski definition) is 6. The van der Waals surface area contributed by atoms with Gasteiger partial charge in [-0.15, -0.1) is 0 Å². The Labute approximate surface area is 222 Å². The van der Waals surface area contributed by atoms with Crippen molar-refractivity contribution in [1.29, 1.82) is 0 Å². The highest BCUT2D eigenvalue weighted by Gasteiger charge is 2.89. The summed E-state index contributed by atoms with van der Waals surface area (Å²) < 4.78 is 19.7. The smallest absolute Gasteiger partial charge is 0.199 e. The molecule has 5 saturated carbocycles. The van der Waals surface area contributed by atoms with Gasteiger partial charge in [-0.2, -0.15) is 0 Å². The summed E-state index contributed by atoms with van der Waals surface area (Å²) in [6.45, 7) is 15.7. The van der Waals surface area contributed by atoms with Crippen LogP contribution in [0.2, 0.25) is 0 Å². The van der Waals surface area contributed by atoms with Crippen LogP contribution >= 0.6 is 0 Å². The number of aliphatic hydroxyl groups is 3. The molecule has 5 aliphatic carbocycles. The first-order valence-electron chi connectivity index (χ1n) is 15.0. The zero-order valence-corrected chi connectivity index (χ0v) is 24.2. The van der Waals surface area contributed by atoms with Gasteiger partial charge < -0.3 is 29.5 Å². The number of hydrogen-bond donors (Lipinski definition) is 3. The van der Waals surface area contributed by atoms with Crippen molar-refractivity contribution in [2.45, 2.75) is 135 Å². The van der Waals surface area contributed by atoms with E-state index >= 15 is 0 Å². The normalized spacial score (nSPS) is 63.2. The summed E-state index contributed by atoms with van der Waals surface area (Å²) in [5.41, 5.74) is -1.31. The van der Waals surface area contributed by atoms with Crippen LogP contribution in [-0.2, 0) is 14.2 Å². The minimum atomic E-state index is -1.00. The molecule has 0 aromatic carbocycles. The maximum atomic E-state index is 12.6. The number of fused-ring (bicyclic) bond motifs is 4. The molecule has 0 aromatic rings. The monoisotopic (exact) mass is 518 g/mol. The lowest BCUT2D eigenvalue weighted by Crippen LogP contribution is -2.62. The molecule has 0 radical (unpaired) electrons. The fourth-order valence-electron chi connectivity index (χ4n) is 12.8. The molecule has 0 unspecified atom stereocenters. The topological polar surface area (TPSA) is 88.4 Å². The SMILES string of the molecule is COC(C)(C)[C@H]1O[C@@]23O[C@@H]1C[C@@H](C)[C@@H]2[C@@]1(C)CC[C@@]24C[C@@]25[C@@H](O)C[C@H](O)C(C)(C)[C@@H]5CC[C@H]4[C@]1(C)[C@H]3O. The maximum Gasteiger partial charge on any atom is 0.199 e. The van der Waals surface area contributed by atoms with Gasteiger partial charge in [-0.3, -0.25) is 0 Å². The van der Waals surface area contributed by atoms with Crippen LogP contribution in [0.3, 0.4) is 0 Å². The Morgan fingerprint density at radius 1 is 0.892 bits per heavy atom. The summed E-state index contributed by atoms with van der Waals surface area (Å²) in [7, 11) is 1.74. The minimum Gasteiger partial charge on any atom is -0.392 e. The van der Waals surface area contributed by atoms with E-state index in [4.69, 9.17) is 14.2 Å². The summed E-state index contributed by atoms with van der Waals surface area (Å²) in [4.78, 5) is 0. The average Bonchev–Trinajstić information content (AvgIpc) is 3.38. The zero-order chi connectivity index (χ0) is 26.8. The first-order valence-corrected chi connectivity index (χ1v) is 15.0. The Hall–Kier alpha value is -0.240. The fraction of sp³-hybridized carbons (Fsp3) is 1.00. The molecule has 2 heterocycles. The van der Waals surface area contributed by atoms with Crippen LogP contribution in [0.5, 0.6) is 0 Å². The van der Waals surface area contributed by atoms with Crippen molar-refractivity contribution in [2.24, 2.45) is 50.7 Å². The molecule has 3 spiro atoms. The molecule has 37 heavy (non-hydrogen) atoms. The standard InChI is InChI=1S/C31H50O6/c1-16-13-17-23(26(4,5)35-8)37-31(36-17)22(16)27(6)11-12-29-15-30(29)18(25(2,3)20(32)14-21(30)33)9-10-19(29)28(27,7)24(31)34/h16-24,32-34H,9-15H2,1-8H3/t16-,17-,18+,19+,20+,21+,22-,23+,24-,27-,28-,29+,30-,31+/m1/s1. The van der Waals surface area contributed by atoms with Crippen LogP contribution in [0, 0.1) is 50.7 Å². The van der Waals surface area contributed by atoms with E-state index in [2.05, 4.69) is 48.5 Å². The Kier molecular flexibility index (Phi) is 4.84. The van der Waals surface area contributed by atoms with Gasteiger partial charge in [0.15, 0.2) is 5.79 Å². The van der Waals surface area contributed by atoms with Gasteiger partial charge in [-0.1, -0.05) is 34.6 Å². The Morgan fingerprint density at radius 3 is 2.24 bits per heavy atom. The lowest BCUT2D eigenvalue weighted by molar-refractivity contribution is -0.283. The quantitative estimate of drug-likeness (QED) is 0.506. The van der Waals surface area contributed by atoms with E-state index < -0.39 is 29.7 Å². The molecular formula is C31H50O6. The predicted molar refractivity (Wildman–Crippen MR) is 138 cm³/mol. The number of methoxy groups -OCH3 is 1. The number of ether oxygens (including phenoxy) is 3. The van der Waals surface area contributed by atoms with Crippen molar-refractivity contribution >= 4 is 0 Å². The molecule has 0 aromatic heterocycles. The van der Waals surface area contributed by atoms with Crippen LogP contribution in [0.4, 0.5) is 0 Å². The van der Waals surface area contributed by atoms with E-state index in [1.165, 1.54) is 0 Å². The number of aliphatic hydroxyl groups excluding tert-OH is 3. The summed E-state index contributed by atoms with van der Waals surface area (Å²) in [5.74, 6) is 0.116. The lowest BCUT2D eigenvalue weighted by atomic mass is 9.41. The highest BCUT2D eigenvalue weighted by Crippen LogP contribution is 2.90. The molecule has 6 nitrogen and oxygen atoms in total. The number of rotatable bonds is 2. The zero-order valence-electron chi connectivity index (χ0n) is 24.2. The van der Waals surface area contributed by atoms with Crippen molar-refractivity contribution in [3.8, 4) is 0 Å². The van der Waals surface area contributed by atoms with E-state index in [0.717, 1.165) is 38.5 Å². The van der Waals surface area contributed by atoms with E-state index in [9.17, 15) is 15.3 Å². The van der Waals surface area contributed by atoms with Crippen molar-refractivity contribution in [2.75, 3.05) is 7.11 Å². The molecule has 14 atom stereocenters. The second kappa shape index (κ2) is 6.97. The van der Waals surface area contributed by atoms with Crippen molar-refractivity contribution in [3.05, 3.63) is 0 Å². The molecule has 0 amide bonds. The first kappa shape index (κ1) is 25.7. The van der Waals surface area contributed by atoms with Gasteiger partial charge in [0.1, 0.15) is 12.2 Å². The summed E-state index contributed by atoms with van der Waals surface area (Å²) >= 11 is 0. The van der Waals surface area contributed by atoms with Crippen LogP contribution < -0.4 is 0 Å². The van der Waals surface area contributed by atoms with Gasteiger partial charge in [0.2, 0.25) is 0 Å². The van der Waals surface area contributed by atoms with E-state index in [0.29, 0.717) is 24.2 Å². The third-order valence-corrected chi connectivity index (χ3v) is 14.7. The third kappa shape index (κ3) is 2.46. The molecule has 210 valence electrons. The molecule has 3 N–H and O–H groups in total. The van der Waals surface area contributed by atoms with Gasteiger partial charge >= 0.3 is 0 Å². The molecule has 7 rings (SSSR count). The van der Waals surface area contributed by atoms with Crippen molar-refractivity contribution < 1.29 is 29.5 Å². The Bertz CT molecular complexity index is 1010. The Balaban J connectivity index is 1.33. The molecule has 6 heteroatoms.